The summed E-state index contributed by atoms with van der Waals surface area (Å²) in [6.45, 7) is 8.33. The average Bonchev–Trinajstić information content (AvgIpc) is 1.87. The van der Waals surface area contributed by atoms with Crippen LogP contribution in [0.4, 0.5) is 0 Å². The second-order valence-electron chi connectivity index (χ2n) is 3.59. The molecule has 0 saturated carbocycles. The Hall–Kier alpha value is -0.330. The Kier molecular flexibility index (Phi) is 3.62. The quantitative estimate of drug-likeness (QED) is 0.590. The summed E-state index contributed by atoms with van der Waals surface area (Å²) in [6, 6.07) is 0. The molecular formula is C9H18O. The molecular weight excluding hydrogens is 124 g/mol. The minimum absolute atomic E-state index is 0.215. The lowest BCUT2D eigenvalue weighted by atomic mass is 9.84. The number of hydrogen-bond donors (Lipinski definition) is 0. The van der Waals surface area contributed by atoms with E-state index in [0.29, 0.717) is 12.2 Å². The standard InChI is InChI=1S/C9H18O/c1-5-8(10)7-9(3,4)6-2/h5-7H2,1-4H3. The zero-order chi connectivity index (χ0) is 8.20. The Labute approximate surface area is 63.8 Å². The first kappa shape index (κ1) is 9.67. The van der Waals surface area contributed by atoms with Crippen molar-refractivity contribution >= 4 is 5.78 Å². The molecule has 10 heavy (non-hydrogen) atoms. The predicted molar refractivity (Wildman–Crippen MR) is 44.0 cm³/mol. The SMILES string of the molecule is CCC(=O)CC(C)(C)CC. The molecule has 1 nitrogen and oxygen atoms in total. The van der Waals surface area contributed by atoms with Crippen molar-refractivity contribution in [2.75, 3.05) is 0 Å². The van der Waals surface area contributed by atoms with Gasteiger partial charge in [0.05, 0.1) is 0 Å². The minimum Gasteiger partial charge on any atom is -0.300 e. The molecule has 0 amide bonds. The van der Waals surface area contributed by atoms with Crippen molar-refractivity contribution in [3.05, 3.63) is 0 Å². The van der Waals surface area contributed by atoms with Gasteiger partial charge < -0.3 is 0 Å². The molecule has 0 radical (unpaired) electrons. The van der Waals surface area contributed by atoms with Gasteiger partial charge in [-0.3, -0.25) is 4.79 Å². The Morgan fingerprint density at radius 1 is 1.30 bits per heavy atom. The van der Waals surface area contributed by atoms with Crippen molar-refractivity contribution in [2.45, 2.75) is 47.0 Å². The zero-order valence-corrected chi connectivity index (χ0v) is 7.53. The fourth-order valence-corrected chi connectivity index (χ4v) is 0.784. The van der Waals surface area contributed by atoms with Crippen LogP contribution >= 0.6 is 0 Å². The van der Waals surface area contributed by atoms with Crippen LogP contribution in [0.1, 0.15) is 47.0 Å². The molecule has 0 fully saturated rings. The fourth-order valence-electron chi connectivity index (χ4n) is 0.784. The van der Waals surface area contributed by atoms with Crippen LogP contribution in [0.3, 0.4) is 0 Å². The maximum atomic E-state index is 11.0. The smallest absolute Gasteiger partial charge is 0.133 e. The number of Topliss-reactive ketones (excluding diaryl/α,β-unsaturated/α-hetero) is 1. The van der Waals surface area contributed by atoms with Gasteiger partial charge in [0.15, 0.2) is 0 Å². The van der Waals surface area contributed by atoms with Gasteiger partial charge >= 0.3 is 0 Å². The number of ketones is 1. The molecule has 0 aliphatic rings. The highest BCUT2D eigenvalue weighted by atomic mass is 16.1. The van der Waals surface area contributed by atoms with Crippen molar-refractivity contribution in [3.8, 4) is 0 Å². The monoisotopic (exact) mass is 142 g/mol. The molecule has 0 N–H and O–H groups in total. The van der Waals surface area contributed by atoms with E-state index in [1.165, 1.54) is 0 Å². The van der Waals surface area contributed by atoms with Gasteiger partial charge in [0.2, 0.25) is 0 Å². The zero-order valence-electron chi connectivity index (χ0n) is 7.53. The largest absolute Gasteiger partial charge is 0.300 e. The number of carbonyl (C=O) groups is 1. The Morgan fingerprint density at radius 3 is 2.10 bits per heavy atom. The third-order valence-electron chi connectivity index (χ3n) is 2.03. The summed E-state index contributed by atoms with van der Waals surface area (Å²) in [5, 5.41) is 0. The predicted octanol–water partition coefficient (Wildman–Crippen LogP) is 2.79. The van der Waals surface area contributed by atoms with E-state index in [-0.39, 0.29) is 5.41 Å². The Balaban J connectivity index is 3.76. The van der Waals surface area contributed by atoms with Gasteiger partial charge in [0, 0.05) is 12.8 Å². The fraction of sp³-hybridized carbons (Fsp3) is 0.889. The molecule has 0 rings (SSSR count). The van der Waals surface area contributed by atoms with E-state index in [1.807, 2.05) is 6.92 Å². The summed E-state index contributed by atoms with van der Waals surface area (Å²) in [4.78, 5) is 11.0. The van der Waals surface area contributed by atoms with Gasteiger partial charge in [-0.1, -0.05) is 34.1 Å². The minimum atomic E-state index is 0.215. The van der Waals surface area contributed by atoms with E-state index < -0.39 is 0 Å². The molecule has 0 atom stereocenters. The number of rotatable bonds is 4. The summed E-state index contributed by atoms with van der Waals surface area (Å²) in [7, 11) is 0. The molecule has 0 aromatic carbocycles. The van der Waals surface area contributed by atoms with Crippen LogP contribution in [-0.4, -0.2) is 5.78 Å². The van der Waals surface area contributed by atoms with Gasteiger partial charge in [0.1, 0.15) is 5.78 Å². The summed E-state index contributed by atoms with van der Waals surface area (Å²) in [6.07, 6.45) is 2.50. The van der Waals surface area contributed by atoms with Crippen molar-refractivity contribution in [3.63, 3.8) is 0 Å². The van der Waals surface area contributed by atoms with Crippen LogP contribution < -0.4 is 0 Å². The number of hydrogen-bond acceptors (Lipinski definition) is 1. The van der Waals surface area contributed by atoms with Crippen LogP contribution in [-0.2, 0) is 4.79 Å². The molecule has 0 aliphatic heterocycles. The molecule has 1 heteroatoms. The van der Waals surface area contributed by atoms with Crippen molar-refractivity contribution in [2.24, 2.45) is 5.41 Å². The average molecular weight is 142 g/mol. The van der Waals surface area contributed by atoms with E-state index in [2.05, 4.69) is 20.8 Å². The highest BCUT2D eigenvalue weighted by Gasteiger charge is 2.17. The normalized spacial score (nSPS) is 11.6. The Bertz CT molecular complexity index is 114. The maximum absolute atomic E-state index is 11.0. The second kappa shape index (κ2) is 3.75. The first-order valence-corrected chi connectivity index (χ1v) is 4.03. The maximum Gasteiger partial charge on any atom is 0.133 e. The lowest BCUT2D eigenvalue weighted by Crippen LogP contribution is -2.15. The summed E-state index contributed by atoms with van der Waals surface area (Å²) < 4.78 is 0. The van der Waals surface area contributed by atoms with E-state index in [9.17, 15) is 4.79 Å². The van der Waals surface area contributed by atoms with Crippen molar-refractivity contribution in [1.29, 1.82) is 0 Å². The summed E-state index contributed by atoms with van der Waals surface area (Å²) >= 11 is 0. The molecule has 0 aromatic heterocycles. The van der Waals surface area contributed by atoms with E-state index >= 15 is 0 Å². The van der Waals surface area contributed by atoms with Crippen LogP contribution in [0.2, 0.25) is 0 Å². The van der Waals surface area contributed by atoms with Gasteiger partial charge in [-0.05, 0) is 5.41 Å². The van der Waals surface area contributed by atoms with Gasteiger partial charge in [-0.15, -0.1) is 0 Å². The van der Waals surface area contributed by atoms with Gasteiger partial charge in [-0.2, -0.15) is 0 Å². The molecule has 60 valence electrons. The highest BCUT2D eigenvalue weighted by molar-refractivity contribution is 5.78. The molecule has 0 aliphatic carbocycles. The van der Waals surface area contributed by atoms with Crippen LogP contribution in [0, 0.1) is 5.41 Å². The number of carbonyl (C=O) groups excluding carboxylic acids is 1. The van der Waals surface area contributed by atoms with Gasteiger partial charge in [0.25, 0.3) is 0 Å². The summed E-state index contributed by atoms with van der Waals surface area (Å²) in [5.41, 5.74) is 0.215. The topological polar surface area (TPSA) is 17.1 Å². The lowest BCUT2D eigenvalue weighted by molar-refractivity contribution is -0.120. The van der Waals surface area contributed by atoms with Crippen molar-refractivity contribution in [1.82, 2.24) is 0 Å². The van der Waals surface area contributed by atoms with Crippen LogP contribution in [0.15, 0.2) is 0 Å². The Morgan fingerprint density at radius 2 is 1.80 bits per heavy atom. The molecule has 0 saturated heterocycles. The van der Waals surface area contributed by atoms with Gasteiger partial charge in [-0.25, -0.2) is 0 Å². The second-order valence-corrected chi connectivity index (χ2v) is 3.59. The molecule has 0 unspecified atom stereocenters. The summed E-state index contributed by atoms with van der Waals surface area (Å²) in [5.74, 6) is 0.381. The van der Waals surface area contributed by atoms with Crippen LogP contribution in [0.5, 0.6) is 0 Å². The van der Waals surface area contributed by atoms with E-state index in [0.717, 1.165) is 12.8 Å². The molecule has 0 heterocycles. The molecule has 0 bridgehead atoms. The molecule has 0 aromatic rings. The highest BCUT2D eigenvalue weighted by Crippen LogP contribution is 2.24. The third-order valence-corrected chi connectivity index (χ3v) is 2.03. The lowest BCUT2D eigenvalue weighted by Gasteiger charge is -2.20. The molecule has 0 spiro atoms. The van der Waals surface area contributed by atoms with E-state index in [4.69, 9.17) is 0 Å². The first-order chi connectivity index (χ1) is 4.52. The van der Waals surface area contributed by atoms with Crippen LogP contribution in [0.25, 0.3) is 0 Å². The third kappa shape index (κ3) is 3.65. The van der Waals surface area contributed by atoms with Crippen molar-refractivity contribution < 1.29 is 4.79 Å². The first-order valence-electron chi connectivity index (χ1n) is 4.03. The van der Waals surface area contributed by atoms with E-state index in [1.54, 1.807) is 0 Å².